The number of amides is 2. The topological polar surface area (TPSA) is 157 Å². The molecule has 2 atom stereocenters. The number of aliphatic hydroxyl groups excluding tert-OH is 1. The van der Waals surface area contributed by atoms with Gasteiger partial charge in [-0.1, -0.05) is 5.16 Å². The van der Waals surface area contributed by atoms with E-state index in [0.717, 1.165) is 26.7 Å². The summed E-state index contributed by atoms with van der Waals surface area (Å²) in [7, 11) is 0. The highest BCUT2D eigenvalue weighted by Crippen LogP contribution is 2.44. The smallest absolute Gasteiger partial charge is 0.369 e. The van der Waals surface area contributed by atoms with Crippen LogP contribution in [0.1, 0.15) is 91.6 Å². The van der Waals surface area contributed by atoms with Crippen LogP contribution in [0.5, 0.6) is 0 Å². The Balaban J connectivity index is 1.33. The highest BCUT2D eigenvalue weighted by atomic mass is 19.4. The van der Waals surface area contributed by atoms with Gasteiger partial charge in [-0.15, -0.1) is 0 Å². The molecule has 0 aliphatic heterocycles. The van der Waals surface area contributed by atoms with Crippen molar-refractivity contribution in [1.29, 1.82) is 0 Å². The van der Waals surface area contributed by atoms with E-state index in [1.165, 1.54) is 23.0 Å². The average molecular weight is 602 g/mol. The summed E-state index contributed by atoms with van der Waals surface area (Å²) in [6.07, 6.45) is -3.01. The number of aliphatic hydroxyl groups is 1. The number of hydrogen-bond acceptors (Lipinski definition) is 9. The number of alkyl halides is 5. The fraction of sp³-hybridized carbons (Fsp3) is 0.600. The first-order valence-corrected chi connectivity index (χ1v) is 13.2. The molecular formula is C25H28F5N7O5. The molecule has 5 rings (SSSR count). The van der Waals surface area contributed by atoms with E-state index in [2.05, 4.69) is 31.0 Å². The van der Waals surface area contributed by atoms with E-state index in [1.54, 1.807) is 0 Å². The van der Waals surface area contributed by atoms with Crippen molar-refractivity contribution in [3.63, 3.8) is 0 Å². The Labute approximate surface area is 235 Å². The minimum Gasteiger partial charge on any atom is -0.369 e. The third-order valence-corrected chi connectivity index (χ3v) is 7.27. The van der Waals surface area contributed by atoms with Crippen LogP contribution in [0.15, 0.2) is 23.1 Å². The van der Waals surface area contributed by atoms with Gasteiger partial charge in [0.15, 0.2) is 23.2 Å². The molecule has 17 heteroatoms. The molecule has 12 nitrogen and oxygen atoms in total. The van der Waals surface area contributed by atoms with Gasteiger partial charge >= 0.3 is 6.18 Å². The minimum atomic E-state index is -4.70. The van der Waals surface area contributed by atoms with Crippen molar-refractivity contribution in [2.75, 3.05) is 6.61 Å². The molecule has 0 saturated heterocycles. The third kappa shape index (κ3) is 6.51. The van der Waals surface area contributed by atoms with Crippen molar-refractivity contribution < 1.29 is 46.0 Å². The van der Waals surface area contributed by atoms with Crippen LogP contribution in [0.25, 0.3) is 5.65 Å². The van der Waals surface area contributed by atoms with E-state index in [1.807, 2.05) is 0 Å². The zero-order chi connectivity index (χ0) is 30.4. The van der Waals surface area contributed by atoms with Crippen LogP contribution in [0.4, 0.5) is 22.0 Å². The summed E-state index contributed by atoms with van der Waals surface area (Å²) >= 11 is 0. The standard InChI is InChI=1S/C25H28F5N7O5/c1-23(2,25(28,29)30)41-11-16(33-22(40)20-19(13-3-4-13)35-42-36-20)15-10-37-17(32-15)6-14(9-31-37)21(39)34-18(38)5-12-7-24(26,27)8-12/h6,9-10,12-13,16,21,39H,3-5,7-8,11H2,1-2H3,(H,33,40)(H,34,38)/t16-,21+/m0/s1. The second-order valence-corrected chi connectivity index (χ2v) is 11.2. The van der Waals surface area contributed by atoms with Crippen molar-refractivity contribution in [2.45, 2.75) is 81.8 Å². The SMILES string of the molecule is CC(C)(OC[C@H](NC(=O)c1nonc1C1CC1)c1cn2ncc([C@@H](O)NC(=O)CC3CC(F)(F)C3)cc2n1)C(F)(F)F. The lowest BCUT2D eigenvalue weighted by Crippen LogP contribution is -2.44. The van der Waals surface area contributed by atoms with Crippen LogP contribution >= 0.6 is 0 Å². The Kier molecular flexibility index (Phi) is 7.67. The number of ether oxygens (including phenoxy) is 1. The number of rotatable bonds is 11. The number of nitrogens with one attached hydrogen (secondary N) is 2. The highest BCUT2D eigenvalue weighted by Gasteiger charge is 2.49. The summed E-state index contributed by atoms with van der Waals surface area (Å²) in [4.78, 5) is 29.6. The van der Waals surface area contributed by atoms with Crippen molar-refractivity contribution in [2.24, 2.45) is 5.92 Å². The molecule has 2 aliphatic rings. The van der Waals surface area contributed by atoms with Crippen LogP contribution in [-0.2, 0) is 9.53 Å². The second kappa shape index (κ2) is 10.8. The molecular weight excluding hydrogens is 573 g/mol. The molecule has 0 bridgehead atoms. The molecule has 0 radical (unpaired) electrons. The largest absolute Gasteiger partial charge is 0.416 e. The molecule has 228 valence electrons. The fourth-order valence-corrected chi connectivity index (χ4v) is 4.49. The molecule has 2 fully saturated rings. The molecule has 2 aliphatic carbocycles. The zero-order valence-corrected chi connectivity index (χ0v) is 22.5. The van der Waals surface area contributed by atoms with E-state index < -0.39 is 67.2 Å². The van der Waals surface area contributed by atoms with E-state index >= 15 is 0 Å². The van der Waals surface area contributed by atoms with Gasteiger partial charge in [-0.25, -0.2) is 22.9 Å². The molecule has 42 heavy (non-hydrogen) atoms. The van der Waals surface area contributed by atoms with Crippen LogP contribution in [0.2, 0.25) is 0 Å². The summed E-state index contributed by atoms with van der Waals surface area (Å²) in [6, 6.07) is 0.170. The molecule has 3 heterocycles. The number of aromatic nitrogens is 5. The van der Waals surface area contributed by atoms with Gasteiger partial charge in [-0.3, -0.25) is 9.59 Å². The lowest BCUT2D eigenvalue weighted by Gasteiger charge is -2.34. The molecule has 3 N–H and O–H groups in total. The first-order valence-electron chi connectivity index (χ1n) is 13.2. The van der Waals surface area contributed by atoms with Crippen molar-refractivity contribution in [3.05, 3.63) is 41.1 Å². The average Bonchev–Trinajstić information content (AvgIpc) is 3.43. The van der Waals surface area contributed by atoms with Gasteiger partial charge in [0, 0.05) is 30.7 Å². The zero-order valence-electron chi connectivity index (χ0n) is 22.5. The summed E-state index contributed by atoms with van der Waals surface area (Å²) in [5.74, 6) is -4.60. The summed E-state index contributed by atoms with van der Waals surface area (Å²) in [6.45, 7) is 1.07. The Morgan fingerprint density at radius 2 is 1.93 bits per heavy atom. The molecule has 2 saturated carbocycles. The van der Waals surface area contributed by atoms with Gasteiger partial charge in [0.2, 0.25) is 11.8 Å². The lowest BCUT2D eigenvalue weighted by molar-refractivity contribution is -0.265. The monoisotopic (exact) mass is 601 g/mol. The molecule has 3 aromatic heterocycles. The first kappa shape index (κ1) is 29.8. The van der Waals surface area contributed by atoms with E-state index in [9.17, 15) is 36.6 Å². The van der Waals surface area contributed by atoms with E-state index in [-0.39, 0.29) is 34.9 Å². The van der Waals surface area contributed by atoms with Gasteiger partial charge in [0.05, 0.1) is 30.7 Å². The second-order valence-electron chi connectivity index (χ2n) is 11.2. The van der Waals surface area contributed by atoms with Crippen LogP contribution in [0.3, 0.4) is 0 Å². The maximum absolute atomic E-state index is 13.5. The van der Waals surface area contributed by atoms with Gasteiger partial charge in [-0.05, 0) is 43.8 Å². The number of nitrogens with zero attached hydrogens (tertiary/aromatic N) is 5. The number of carbonyl (C=O) groups is 2. The first-order chi connectivity index (χ1) is 19.6. The maximum Gasteiger partial charge on any atom is 0.416 e. The van der Waals surface area contributed by atoms with Gasteiger partial charge in [-0.2, -0.15) is 18.3 Å². The molecule has 0 unspecified atom stereocenters. The van der Waals surface area contributed by atoms with Gasteiger partial charge in [0.25, 0.3) is 5.91 Å². The Bertz CT molecular complexity index is 1460. The Morgan fingerprint density at radius 3 is 2.57 bits per heavy atom. The van der Waals surface area contributed by atoms with Crippen molar-refractivity contribution >= 4 is 17.5 Å². The predicted molar refractivity (Wildman–Crippen MR) is 131 cm³/mol. The predicted octanol–water partition coefficient (Wildman–Crippen LogP) is 3.36. The molecule has 3 aromatic rings. The number of carbonyl (C=O) groups excluding carboxylic acids is 2. The highest BCUT2D eigenvalue weighted by molar-refractivity contribution is 5.93. The van der Waals surface area contributed by atoms with Gasteiger partial charge < -0.3 is 20.5 Å². The van der Waals surface area contributed by atoms with E-state index in [0.29, 0.717) is 5.69 Å². The number of imidazole rings is 1. The number of halogens is 5. The van der Waals surface area contributed by atoms with Crippen LogP contribution in [-0.4, -0.2) is 66.1 Å². The van der Waals surface area contributed by atoms with E-state index in [4.69, 9.17) is 9.37 Å². The molecule has 0 aromatic carbocycles. The summed E-state index contributed by atoms with van der Waals surface area (Å²) in [5.41, 5.74) is -1.96. The maximum atomic E-state index is 13.5. The van der Waals surface area contributed by atoms with Crippen LogP contribution < -0.4 is 10.6 Å². The third-order valence-electron chi connectivity index (χ3n) is 7.27. The number of hydrogen-bond donors (Lipinski definition) is 3. The van der Waals surface area contributed by atoms with Gasteiger partial charge in [0.1, 0.15) is 5.69 Å². The lowest BCUT2D eigenvalue weighted by atomic mass is 9.79. The van der Waals surface area contributed by atoms with Crippen molar-refractivity contribution in [1.82, 2.24) is 35.5 Å². The Morgan fingerprint density at radius 1 is 1.21 bits per heavy atom. The normalized spacial score (nSPS) is 18.9. The quantitative estimate of drug-likeness (QED) is 0.222. The Hall–Kier alpha value is -3.73. The minimum absolute atomic E-state index is 0.00950. The number of fused-ring (bicyclic) bond motifs is 1. The summed E-state index contributed by atoms with van der Waals surface area (Å²) in [5, 5.41) is 26.9. The van der Waals surface area contributed by atoms with Crippen LogP contribution in [0, 0.1) is 5.92 Å². The molecule has 0 spiro atoms. The summed E-state index contributed by atoms with van der Waals surface area (Å²) < 4.78 is 77.6. The fourth-order valence-electron chi connectivity index (χ4n) is 4.49. The molecule has 2 amide bonds. The van der Waals surface area contributed by atoms with Crippen molar-refractivity contribution in [3.8, 4) is 0 Å².